The van der Waals surface area contributed by atoms with Gasteiger partial charge in [-0.1, -0.05) is 0 Å². The first-order valence-corrected chi connectivity index (χ1v) is 26.2. The minimum absolute atomic E-state index is 0.134. The van der Waals surface area contributed by atoms with Crippen LogP contribution in [-0.2, 0) is 28.2 Å². The lowest BCUT2D eigenvalue weighted by molar-refractivity contribution is 0.380. The van der Waals surface area contributed by atoms with Crippen LogP contribution in [0.25, 0.3) is 43.6 Å². The van der Waals surface area contributed by atoms with Gasteiger partial charge in [-0.15, -0.1) is 0 Å². The molecule has 23 heteroatoms. The molecular weight excluding hydrogens is 1040 g/mol. The number of benzene rings is 4. The van der Waals surface area contributed by atoms with Crippen LogP contribution in [0.3, 0.4) is 0 Å². The first-order valence-electron chi connectivity index (χ1n) is 25.8. The third kappa shape index (κ3) is 11.0. The molecule has 0 aliphatic heterocycles. The highest BCUT2D eigenvalue weighted by atomic mass is 35.5. The van der Waals surface area contributed by atoms with Crippen molar-refractivity contribution >= 4 is 113 Å². The van der Waals surface area contributed by atoms with Crippen molar-refractivity contribution < 1.29 is 4.74 Å². The molecule has 0 spiro atoms. The van der Waals surface area contributed by atoms with E-state index in [0.717, 1.165) is 89.7 Å². The van der Waals surface area contributed by atoms with Gasteiger partial charge < -0.3 is 24.3 Å². The molecular formula is C58H62ClN21O. The summed E-state index contributed by atoms with van der Waals surface area (Å²) in [5, 5.41) is 23.0. The highest BCUT2D eigenvalue weighted by Gasteiger charge is 2.21. The Labute approximate surface area is 473 Å². The molecule has 8 aromatic heterocycles. The molecule has 0 bridgehead atoms. The molecule has 0 fully saturated rings. The number of hydrogen-bond donors (Lipinski definition) is 0. The summed E-state index contributed by atoms with van der Waals surface area (Å²) >= 11 is 6.18. The average Bonchev–Trinajstić information content (AvgIpc) is 4.24. The second-order valence-electron chi connectivity index (χ2n) is 19.6. The number of hydrogen-bond acceptors (Lipinski definition) is 18. The molecule has 12 aromatic rings. The van der Waals surface area contributed by atoms with E-state index in [9.17, 15) is 0 Å². The fourth-order valence-electron chi connectivity index (χ4n) is 9.23. The summed E-state index contributed by atoms with van der Waals surface area (Å²) < 4.78 is 12.6. The highest BCUT2D eigenvalue weighted by Crippen LogP contribution is 2.36. The van der Waals surface area contributed by atoms with Crippen molar-refractivity contribution in [3.8, 4) is 6.01 Å². The van der Waals surface area contributed by atoms with Gasteiger partial charge in [0.25, 0.3) is 0 Å². The van der Waals surface area contributed by atoms with Gasteiger partial charge in [-0.2, -0.15) is 40.3 Å². The predicted molar refractivity (Wildman–Crippen MR) is 322 cm³/mol. The number of rotatable bonds is 11. The topological polar surface area (TPSA) is 200 Å². The van der Waals surface area contributed by atoms with Crippen molar-refractivity contribution in [2.45, 2.75) is 27.7 Å². The lowest BCUT2D eigenvalue weighted by Crippen LogP contribution is -2.18. The Morgan fingerprint density at radius 3 is 1.15 bits per heavy atom. The number of methoxy groups -OCH3 is 1. The van der Waals surface area contributed by atoms with Crippen LogP contribution in [-0.4, -0.2) is 121 Å². The molecule has 0 saturated carbocycles. The molecule has 0 unspecified atom stereocenters. The first-order chi connectivity index (χ1) is 38.9. The van der Waals surface area contributed by atoms with E-state index < -0.39 is 0 Å². The molecule has 0 amide bonds. The maximum atomic E-state index is 6.18. The van der Waals surface area contributed by atoms with Gasteiger partial charge in [-0.3, -0.25) is 23.6 Å². The summed E-state index contributed by atoms with van der Waals surface area (Å²) in [6, 6.07) is 32.5. The molecule has 12 rings (SSSR count). The molecule has 0 saturated heterocycles. The van der Waals surface area contributed by atoms with Crippen LogP contribution in [0.1, 0.15) is 22.8 Å². The second-order valence-corrected chi connectivity index (χ2v) is 19.9. The van der Waals surface area contributed by atoms with Crippen LogP contribution in [0.15, 0.2) is 122 Å². The van der Waals surface area contributed by atoms with Gasteiger partial charge in [0, 0.05) is 150 Å². The van der Waals surface area contributed by atoms with E-state index >= 15 is 0 Å². The average molecular weight is 1100 g/mol. The fraction of sp³-hybridized carbons (Fsp3) is 0.241. The molecule has 0 atom stereocenters. The number of aromatic nitrogens is 16. The third-order valence-corrected chi connectivity index (χ3v) is 14.6. The van der Waals surface area contributed by atoms with E-state index in [1.165, 1.54) is 11.1 Å². The van der Waals surface area contributed by atoms with E-state index in [4.69, 9.17) is 21.3 Å². The molecule has 22 nitrogen and oxygen atoms in total. The largest absolute Gasteiger partial charge is 0.467 e. The zero-order chi connectivity index (χ0) is 57.4. The predicted octanol–water partition coefficient (Wildman–Crippen LogP) is 10.5. The summed E-state index contributed by atoms with van der Waals surface area (Å²) in [5.41, 5.74) is 12.1. The quantitative estimate of drug-likeness (QED) is 0.111. The van der Waals surface area contributed by atoms with Crippen LogP contribution in [0, 0.1) is 27.7 Å². The monoisotopic (exact) mass is 1100 g/mol. The molecule has 8 heterocycles. The van der Waals surface area contributed by atoms with Crippen LogP contribution < -0.4 is 29.2 Å². The summed E-state index contributed by atoms with van der Waals surface area (Å²) in [4.78, 5) is 45.0. The van der Waals surface area contributed by atoms with Gasteiger partial charge in [0.1, 0.15) is 23.3 Å². The normalized spacial score (nSPS) is 11.1. The van der Waals surface area contributed by atoms with Gasteiger partial charge >= 0.3 is 6.01 Å². The van der Waals surface area contributed by atoms with Crippen LogP contribution in [0.4, 0.5) is 57.9 Å². The lowest BCUT2D eigenvalue weighted by atomic mass is 10.2. The summed E-state index contributed by atoms with van der Waals surface area (Å²) in [6.07, 6.45) is 6.80. The van der Waals surface area contributed by atoms with Gasteiger partial charge in [0.2, 0.25) is 17.2 Å². The fourth-order valence-corrected chi connectivity index (χ4v) is 9.38. The Kier molecular flexibility index (Phi) is 15.1. The summed E-state index contributed by atoms with van der Waals surface area (Å²) in [7, 11) is 19.2. The molecule has 81 heavy (non-hydrogen) atoms. The van der Waals surface area contributed by atoms with E-state index in [1.54, 1.807) is 38.0 Å². The molecule has 0 aliphatic carbocycles. The zero-order valence-corrected chi connectivity index (χ0v) is 48.5. The molecule has 4 aromatic carbocycles. The Morgan fingerprint density at radius 1 is 0.395 bits per heavy atom. The lowest BCUT2D eigenvalue weighted by Gasteiger charge is -2.24. The molecule has 0 N–H and O–H groups in total. The highest BCUT2D eigenvalue weighted by molar-refractivity contribution is 6.28. The van der Waals surface area contributed by atoms with Crippen LogP contribution in [0.2, 0.25) is 5.28 Å². The Hall–Kier alpha value is -9.83. The van der Waals surface area contributed by atoms with Crippen molar-refractivity contribution in [3.63, 3.8) is 0 Å². The van der Waals surface area contributed by atoms with Crippen LogP contribution in [0.5, 0.6) is 6.01 Å². The maximum absolute atomic E-state index is 6.18. The SMILES string of the molecule is COc1nccc(N(C)c2ccc3c(C)n(C)nc3c2)n1.Cc1c2ccc(N(C)c3ccnc(N(C)C)n3)cc2nn1C.Cc1c2ccc(N(C)c3ccnc(N(c4ccc5c(C)n(C)nc5c4)c4ccnc(Cl)n4)n3)cc2nn1C. The smallest absolute Gasteiger partial charge is 0.318 e. The van der Waals surface area contributed by atoms with E-state index in [-0.39, 0.29) is 5.28 Å². The molecule has 0 aliphatic rings. The number of nitrogens with zero attached hydrogens (tertiary/aromatic N) is 21. The van der Waals surface area contributed by atoms with Gasteiger partial charge in [0.05, 0.1) is 34.9 Å². The van der Waals surface area contributed by atoms with Gasteiger partial charge in [-0.05, 0) is 136 Å². The number of fused-ring (bicyclic) bond motifs is 4. The van der Waals surface area contributed by atoms with Crippen molar-refractivity contribution in [1.29, 1.82) is 0 Å². The molecule has 0 radical (unpaired) electrons. The van der Waals surface area contributed by atoms with E-state index in [0.29, 0.717) is 29.5 Å². The minimum Gasteiger partial charge on any atom is -0.467 e. The standard InChI is InChI=1S/C27H25ClN10.C16H20N6.C15H17N5O/c1-16-20-8-6-18(14-22(20)33-36(16)4)35(3)24-10-13-30-27(32-24)38(25-11-12-29-26(28)31-25)19-7-9-21-17(2)37(5)34-23(21)15-19;1-11-13-7-6-12(10-14(13)19-22(11)5)21(4)15-8-9-17-16(18-15)20(2)3;1-10-12-6-5-11(9-13(12)18-20(10)3)19(2)14-7-8-16-15(17-14)21-4/h6-15H,1-5H3;6-10H,1-5H3;5-9H,1-4H3. The van der Waals surface area contributed by atoms with Gasteiger partial charge in [-0.25, -0.2) is 19.9 Å². The second kappa shape index (κ2) is 22.5. The Balaban J connectivity index is 0.000000146. The van der Waals surface area contributed by atoms with Crippen LogP contribution >= 0.6 is 11.6 Å². The van der Waals surface area contributed by atoms with E-state index in [2.05, 4.69) is 131 Å². The van der Waals surface area contributed by atoms with Gasteiger partial charge in [0.15, 0.2) is 0 Å². The zero-order valence-electron chi connectivity index (χ0n) is 47.7. The Morgan fingerprint density at radius 2 is 0.741 bits per heavy atom. The third-order valence-electron chi connectivity index (χ3n) is 14.4. The summed E-state index contributed by atoms with van der Waals surface area (Å²) in [5.74, 6) is 4.01. The number of ether oxygens (including phenoxy) is 1. The van der Waals surface area contributed by atoms with Crippen molar-refractivity contribution in [2.24, 2.45) is 28.2 Å². The maximum Gasteiger partial charge on any atom is 0.318 e. The number of anilines is 10. The Bertz CT molecular complexity index is 4260. The number of halogens is 1. The molecule has 412 valence electrons. The van der Waals surface area contributed by atoms with Crippen molar-refractivity contribution in [1.82, 2.24) is 79.0 Å². The number of aryl methyl sites for hydroxylation is 8. The van der Waals surface area contributed by atoms with Crippen molar-refractivity contribution in [3.05, 3.63) is 150 Å². The minimum atomic E-state index is 0.134. The van der Waals surface area contributed by atoms with Crippen molar-refractivity contribution in [2.75, 3.05) is 66.8 Å². The summed E-state index contributed by atoms with van der Waals surface area (Å²) in [6.45, 7) is 8.25. The first kappa shape index (κ1) is 54.5. The van der Waals surface area contributed by atoms with E-state index in [1.807, 2.05) is 150 Å².